The maximum atomic E-state index is 12.2. The molecule has 226 valence electrons. The summed E-state index contributed by atoms with van der Waals surface area (Å²) in [5, 5.41) is 15.5. The van der Waals surface area contributed by atoms with Gasteiger partial charge in [-0.05, 0) is 51.3 Å². The molecule has 0 radical (unpaired) electrons. The highest BCUT2D eigenvalue weighted by atomic mass is 32.1. The van der Waals surface area contributed by atoms with Gasteiger partial charge in [0.1, 0.15) is 12.4 Å². The van der Waals surface area contributed by atoms with Gasteiger partial charge < -0.3 is 24.8 Å². The molecule has 0 saturated carbocycles. The number of thiazole rings is 1. The number of urea groups is 1. The molecule has 0 unspecified atom stereocenters. The number of aliphatic carboxylic acids is 1. The number of hydrogen-bond donors (Lipinski definition) is 3. The van der Waals surface area contributed by atoms with E-state index in [0.29, 0.717) is 79.7 Å². The average Bonchev–Trinajstić information content (AvgIpc) is 3.39. The van der Waals surface area contributed by atoms with E-state index < -0.39 is 11.4 Å². The molecule has 2 amide bonds. The van der Waals surface area contributed by atoms with Gasteiger partial charge in [-0.2, -0.15) is 4.98 Å². The zero-order chi connectivity index (χ0) is 30.6. The van der Waals surface area contributed by atoms with Gasteiger partial charge in [-0.3, -0.25) is 10.1 Å². The summed E-state index contributed by atoms with van der Waals surface area (Å²) < 4.78 is 11.7. The lowest BCUT2D eigenvalue weighted by Crippen LogP contribution is -2.43. The van der Waals surface area contributed by atoms with E-state index in [1.807, 2.05) is 24.0 Å². The number of anilines is 2. The summed E-state index contributed by atoms with van der Waals surface area (Å²) in [4.78, 5) is 48.9. The molecule has 1 aliphatic heterocycles. The first kappa shape index (κ1) is 30.0. The molecule has 4 heterocycles. The zero-order valence-corrected chi connectivity index (χ0v) is 25.3. The Morgan fingerprint density at radius 1 is 1.07 bits per heavy atom. The highest BCUT2D eigenvalue weighted by Gasteiger charge is 2.37. The summed E-state index contributed by atoms with van der Waals surface area (Å²) in [6.07, 6.45) is 4.56. The molecule has 3 N–H and O–H groups in total. The molecule has 0 bridgehead atoms. The van der Waals surface area contributed by atoms with Gasteiger partial charge in [-0.1, -0.05) is 11.3 Å². The maximum absolute atomic E-state index is 12.2. The number of rotatable bonds is 10. The van der Waals surface area contributed by atoms with E-state index >= 15 is 0 Å². The van der Waals surface area contributed by atoms with Crippen LogP contribution in [-0.2, 0) is 9.53 Å². The number of carbonyl (C=O) groups excluding carboxylic acids is 1. The fourth-order valence-electron chi connectivity index (χ4n) is 4.77. The zero-order valence-electron chi connectivity index (χ0n) is 24.5. The second kappa shape index (κ2) is 12.8. The minimum absolute atomic E-state index is 0.333. The van der Waals surface area contributed by atoms with Crippen molar-refractivity contribution < 1.29 is 24.2 Å². The highest BCUT2D eigenvalue weighted by molar-refractivity contribution is 7.22. The van der Waals surface area contributed by atoms with Crippen molar-refractivity contribution in [3.8, 4) is 28.3 Å². The number of benzene rings is 1. The van der Waals surface area contributed by atoms with Crippen LogP contribution in [0.4, 0.5) is 15.9 Å². The summed E-state index contributed by atoms with van der Waals surface area (Å²) in [6.45, 7) is 7.83. The second-order valence-electron chi connectivity index (χ2n) is 10.5. The van der Waals surface area contributed by atoms with Crippen LogP contribution in [0.1, 0.15) is 32.5 Å². The predicted octanol–water partition coefficient (Wildman–Crippen LogP) is 4.38. The lowest BCUT2D eigenvalue weighted by atomic mass is 9.80. The van der Waals surface area contributed by atoms with E-state index in [9.17, 15) is 14.7 Å². The SMILES string of the molecule is CCNC(=O)Nc1nc2cc(-c3cnc(N4CCC(C)(C(=O)O)CC4)nc3)cc(-c3cc(OCCOC)nc(C)n3)c2s1. The fraction of sp³-hybridized carbons (Fsp3) is 0.414. The Balaban J connectivity index is 1.50. The minimum atomic E-state index is -0.770. The fourth-order valence-corrected chi connectivity index (χ4v) is 5.74. The summed E-state index contributed by atoms with van der Waals surface area (Å²) in [6, 6.07) is 5.37. The number of piperidine rings is 1. The molecule has 4 aromatic rings. The number of aryl methyl sites for hydroxylation is 1. The summed E-state index contributed by atoms with van der Waals surface area (Å²) in [5.74, 6) is 0.760. The predicted molar refractivity (Wildman–Crippen MR) is 164 cm³/mol. The lowest BCUT2D eigenvalue weighted by molar-refractivity contribution is -0.149. The molecule has 1 saturated heterocycles. The van der Waals surface area contributed by atoms with Crippen LogP contribution in [0.15, 0.2) is 30.6 Å². The van der Waals surface area contributed by atoms with Gasteiger partial charge in [0.25, 0.3) is 0 Å². The first-order valence-electron chi connectivity index (χ1n) is 14.0. The van der Waals surface area contributed by atoms with Gasteiger partial charge in [-0.15, -0.1) is 0 Å². The molecular formula is C29H34N8O5S. The molecule has 0 spiro atoms. The molecule has 43 heavy (non-hydrogen) atoms. The molecule has 1 aliphatic rings. The Bertz CT molecular complexity index is 1620. The number of amides is 2. The second-order valence-corrected chi connectivity index (χ2v) is 11.5. The Morgan fingerprint density at radius 3 is 2.49 bits per heavy atom. The van der Waals surface area contributed by atoms with Crippen molar-refractivity contribution in [1.82, 2.24) is 30.2 Å². The Morgan fingerprint density at radius 2 is 1.81 bits per heavy atom. The number of carboxylic acids is 1. The van der Waals surface area contributed by atoms with E-state index in [-0.39, 0.29) is 6.03 Å². The van der Waals surface area contributed by atoms with Crippen LogP contribution in [0.2, 0.25) is 0 Å². The Kier molecular flexibility index (Phi) is 8.97. The van der Waals surface area contributed by atoms with Gasteiger partial charge in [0.2, 0.25) is 11.8 Å². The van der Waals surface area contributed by atoms with E-state index in [2.05, 4.69) is 30.6 Å². The van der Waals surface area contributed by atoms with Gasteiger partial charge in [0.15, 0.2) is 5.13 Å². The monoisotopic (exact) mass is 606 g/mol. The van der Waals surface area contributed by atoms with Crippen LogP contribution in [0.5, 0.6) is 5.88 Å². The topological polar surface area (TPSA) is 165 Å². The van der Waals surface area contributed by atoms with E-state index in [0.717, 1.165) is 21.4 Å². The van der Waals surface area contributed by atoms with E-state index in [1.165, 1.54) is 11.3 Å². The number of carboxylic acid groups (broad SMARTS) is 1. The standard InChI is InChI=1S/C29H34N8O5S/c1-5-30-27(40)36-28-35-22-13-18(19-15-31-26(32-16-19)37-8-6-29(3,7-9-37)25(38)39)12-20(24(22)43-28)21-14-23(34-17(2)33-21)42-11-10-41-4/h12-16H,5-11H2,1-4H3,(H,38,39)(H2,30,35,36,40). The third-order valence-corrected chi connectivity index (χ3v) is 8.33. The van der Waals surface area contributed by atoms with Crippen LogP contribution in [0.3, 0.4) is 0 Å². The third kappa shape index (κ3) is 6.81. The summed E-state index contributed by atoms with van der Waals surface area (Å²) in [7, 11) is 1.61. The van der Waals surface area contributed by atoms with E-state index in [4.69, 9.17) is 14.5 Å². The van der Waals surface area contributed by atoms with Gasteiger partial charge in [0.05, 0.1) is 27.9 Å². The number of fused-ring (bicyclic) bond motifs is 1. The molecule has 0 atom stereocenters. The molecule has 3 aromatic heterocycles. The molecular weight excluding hydrogens is 572 g/mol. The first-order valence-corrected chi connectivity index (χ1v) is 14.8. The quantitative estimate of drug-likeness (QED) is 0.219. The normalized spacial score (nSPS) is 14.5. The van der Waals surface area contributed by atoms with Crippen molar-refractivity contribution >= 4 is 44.6 Å². The van der Waals surface area contributed by atoms with Crippen molar-refractivity contribution in [2.24, 2.45) is 5.41 Å². The molecule has 0 aliphatic carbocycles. The number of nitrogens with one attached hydrogen (secondary N) is 2. The molecule has 1 aromatic carbocycles. The van der Waals surface area contributed by atoms with E-state index in [1.54, 1.807) is 39.4 Å². The maximum Gasteiger partial charge on any atom is 0.321 e. The number of hydrogen-bond acceptors (Lipinski definition) is 11. The van der Waals surface area contributed by atoms with Gasteiger partial charge in [0, 0.05) is 56.3 Å². The number of nitrogens with zero attached hydrogens (tertiary/aromatic N) is 6. The van der Waals surface area contributed by atoms with Gasteiger partial charge >= 0.3 is 12.0 Å². The van der Waals surface area contributed by atoms with Crippen molar-refractivity contribution in [3.63, 3.8) is 0 Å². The first-order chi connectivity index (χ1) is 20.7. The lowest BCUT2D eigenvalue weighted by Gasteiger charge is -2.36. The third-order valence-electron chi connectivity index (χ3n) is 7.31. The highest BCUT2D eigenvalue weighted by Crippen LogP contribution is 2.39. The summed E-state index contributed by atoms with van der Waals surface area (Å²) in [5.41, 5.74) is 2.98. The van der Waals surface area contributed by atoms with Crippen LogP contribution in [-0.4, -0.2) is 82.0 Å². The number of ether oxygens (including phenoxy) is 2. The molecule has 14 heteroatoms. The molecule has 13 nitrogen and oxygen atoms in total. The van der Waals surface area contributed by atoms with Crippen molar-refractivity contribution in [1.29, 1.82) is 0 Å². The van der Waals surface area contributed by atoms with Crippen molar-refractivity contribution in [2.45, 2.75) is 33.6 Å². The number of methoxy groups -OCH3 is 1. The molecule has 1 fully saturated rings. The van der Waals surface area contributed by atoms with Crippen molar-refractivity contribution in [3.05, 3.63) is 36.4 Å². The minimum Gasteiger partial charge on any atom is -0.481 e. The number of carbonyl (C=O) groups is 2. The average molecular weight is 607 g/mol. The van der Waals surface area contributed by atoms with Crippen LogP contribution >= 0.6 is 11.3 Å². The summed E-state index contributed by atoms with van der Waals surface area (Å²) >= 11 is 1.35. The van der Waals surface area contributed by atoms with Crippen LogP contribution < -0.4 is 20.3 Å². The Labute approximate surface area is 252 Å². The van der Waals surface area contributed by atoms with Gasteiger partial charge in [-0.25, -0.2) is 24.7 Å². The van der Waals surface area contributed by atoms with Crippen LogP contribution in [0, 0.1) is 12.3 Å². The number of aromatic nitrogens is 5. The van der Waals surface area contributed by atoms with Crippen LogP contribution in [0.25, 0.3) is 32.6 Å². The smallest absolute Gasteiger partial charge is 0.321 e. The Hall–Kier alpha value is -4.43. The largest absolute Gasteiger partial charge is 0.481 e. The molecule has 5 rings (SSSR count). The van der Waals surface area contributed by atoms with Crippen molar-refractivity contribution in [2.75, 3.05) is 50.2 Å².